The van der Waals surface area contributed by atoms with Gasteiger partial charge in [0.1, 0.15) is 5.70 Å². The number of nitrogens with zero attached hydrogens (tertiary/aromatic N) is 3. The fraction of sp³-hybridized carbons (Fsp3) is 0.323. The van der Waals surface area contributed by atoms with E-state index in [1.54, 1.807) is 16.8 Å². The number of pyridine rings is 1. The summed E-state index contributed by atoms with van der Waals surface area (Å²) in [5, 5.41) is 1.97. The van der Waals surface area contributed by atoms with Crippen LogP contribution in [-0.2, 0) is 6.42 Å². The Kier molecular flexibility index (Phi) is 12.0. The molecule has 0 aliphatic heterocycles. The van der Waals surface area contributed by atoms with E-state index in [0.717, 1.165) is 47.4 Å². The van der Waals surface area contributed by atoms with Gasteiger partial charge >= 0.3 is 0 Å². The second-order valence-electron chi connectivity index (χ2n) is 8.72. The van der Waals surface area contributed by atoms with Gasteiger partial charge in [-0.05, 0) is 68.7 Å². The van der Waals surface area contributed by atoms with E-state index in [-0.39, 0.29) is 5.56 Å². The van der Waals surface area contributed by atoms with Crippen LogP contribution < -0.4 is 11.3 Å². The number of aliphatic imine (C=N–C) groups is 2. The van der Waals surface area contributed by atoms with Crippen molar-refractivity contribution in [1.29, 1.82) is 0 Å². The number of aryl methyl sites for hydroxylation is 1. The zero-order chi connectivity index (χ0) is 27.4. The molecule has 0 aliphatic carbocycles. The lowest BCUT2D eigenvalue weighted by Crippen LogP contribution is -2.22. The Morgan fingerprint density at radius 1 is 1.08 bits per heavy atom. The molecule has 1 aromatic heterocycles. The highest BCUT2D eigenvalue weighted by atomic mass is 35.5. The van der Waals surface area contributed by atoms with Gasteiger partial charge in [0, 0.05) is 23.8 Å². The molecule has 2 N–H and O–H groups in total. The van der Waals surface area contributed by atoms with E-state index in [2.05, 4.69) is 30.8 Å². The maximum Gasteiger partial charge on any atom is 0.264 e. The van der Waals surface area contributed by atoms with E-state index in [9.17, 15) is 4.79 Å². The number of rotatable bonds is 8. The minimum Gasteiger partial charge on any atom is -0.397 e. The van der Waals surface area contributed by atoms with Crippen LogP contribution in [0.3, 0.4) is 0 Å². The predicted octanol–water partition coefficient (Wildman–Crippen LogP) is 7.88. The van der Waals surface area contributed by atoms with Crippen LogP contribution in [0.4, 0.5) is 0 Å². The fourth-order valence-electron chi connectivity index (χ4n) is 3.75. The van der Waals surface area contributed by atoms with Crippen molar-refractivity contribution in [2.24, 2.45) is 21.6 Å². The molecule has 6 heteroatoms. The molecule has 0 saturated carbocycles. The van der Waals surface area contributed by atoms with Gasteiger partial charge in [-0.25, -0.2) is 0 Å². The summed E-state index contributed by atoms with van der Waals surface area (Å²) in [5.74, 6) is 0.456. The molecule has 3 aromatic rings. The number of fused-ring (bicyclic) bond motifs is 1. The summed E-state index contributed by atoms with van der Waals surface area (Å²) in [4.78, 5) is 21.5. The summed E-state index contributed by atoms with van der Waals surface area (Å²) in [6.07, 6.45) is 8.43. The van der Waals surface area contributed by atoms with Gasteiger partial charge in [-0.1, -0.05) is 75.7 Å². The minimum absolute atomic E-state index is 0.0591. The van der Waals surface area contributed by atoms with Crippen molar-refractivity contribution in [1.82, 2.24) is 4.57 Å². The van der Waals surface area contributed by atoms with Crippen molar-refractivity contribution in [2.75, 3.05) is 0 Å². The second kappa shape index (κ2) is 15.0. The van der Waals surface area contributed by atoms with E-state index in [0.29, 0.717) is 22.0 Å². The van der Waals surface area contributed by atoms with Gasteiger partial charge in [0.05, 0.1) is 21.8 Å². The van der Waals surface area contributed by atoms with Crippen molar-refractivity contribution >= 4 is 34.8 Å². The molecule has 0 spiro atoms. The Morgan fingerprint density at radius 3 is 2.38 bits per heavy atom. The third-order valence-corrected chi connectivity index (χ3v) is 6.23. The minimum atomic E-state index is -0.0591. The number of aromatic nitrogens is 1. The maximum absolute atomic E-state index is 12.8. The fourth-order valence-corrected chi connectivity index (χ4v) is 4.01. The summed E-state index contributed by atoms with van der Waals surface area (Å²) >= 11 is 6.20. The first-order chi connectivity index (χ1) is 17.8. The summed E-state index contributed by atoms with van der Waals surface area (Å²) in [5.41, 5.74) is 10.1. The highest BCUT2D eigenvalue weighted by Gasteiger charge is 2.12. The summed E-state index contributed by atoms with van der Waals surface area (Å²) in [6.45, 7) is 12.2. The lowest BCUT2D eigenvalue weighted by molar-refractivity contribution is 0.753. The summed E-state index contributed by atoms with van der Waals surface area (Å²) < 4.78 is 1.74. The van der Waals surface area contributed by atoms with Gasteiger partial charge < -0.3 is 5.73 Å². The molecule has 196 valence electrons. The largest absolute Gasteiger partial charge is 0.397 e. The molecule has 0 radical (unpaired) electrons. The lowest BCUT2D eigenvalue weighted by Gasteiger charge is -2.14. The molecular weight excluding hydrogens is 480 g/mol. The van der Waals surface area contributed by atoms with Gasteiger partial charge in [-0.3, -0.25) is 19.3 Å². The first-order valence-electron chi connectivity index (χ1n) is 12.9. The van der Waals surface area contributed by atoms with Gasteiger partial charge in [-0.15, -0.1) is 0 Å². The Hall–Kier alpha value is -3.44. The topological polar surface area (TPSA) is 72.7 Å². The van der Waals surface area contributed by atoms with Gasteiger partial charge in [-0.2, -0.15) is 0 Å². The molecule has 1 atom stereocenters. The van der Waals surface area contributed by atoms with Crippen LogP contribution in [0.1, 0.15) is 60.1 Å². The average Bonchev–Trinajstić information content (AvgIpc) is 2.89. The van der Waals surface area contributed by atoms with Crippen LogP contribution in [-0.4, -0.2) is 17.0 Å². The molecule has 2 aromatic carbocycles. The number of halogens is 1. The molecule has 0 aliphatic rings. The molecule has 1 heterocycles. The number of para-hydroxylation sites is 1. The Bertz CT molecular complexity index is 1350. The van der Waals surface area contributed by atoms with E-state index < -0.39 is 0 Å². The Balaban J connectivity index is 0.000000265. The van der Waals surface area contributed by atoms with Crippen LogP contribution in [0.25, 0.3) is 16.5 Å². The Morgan fingerprint density at radius 2 is 1.78 bits per heavy atom. The molecule has 37 heavy (non-hydrogen) atoms. The zero-order valence-electron chi connectivity index (χ0n) is 22.8. The van der Waals surface area contributed by atoms with Crippen LogP contribution in [0.5, 0.6) is 0 Å². The third kappa shape index (κ3) is 8.02. The first-order valence-corrected chi connectivity index (χ1v) is 13.2. The van der Waals surface area contributed by atoms with Crippen LogP contribution in [0, 0.1) is 5.92 Å². The average molecular weight is 519 g/mol. The van der Waals surface area contributed by atoms with E-state index in [1.165, 1.54) is 0 Å². The van der Waals surface area contributed by atoms with Crippen molar-refractivity contribution in [3.63, 3.8) is 0 Å². The number of hydrogen-bond acceptors (Lipinski definition) is 4. The van der Waals surface area contributed by atoms with Crippen molar-refractivity contribution < 1.29 is 0 Å². The van der Waals surface area contributed by atoms with Crippen LogP contribution in [0.15, 0.2) is 92.5 Å². The molecule has 1 unspecified atom stereocenters. The van der Waals surface area contributed by atoms with Crippen molar-refractivity contribution in [3.8, 4) is 5.69 Å². The predicted molar refractivity (Wildman–Crippen MR) is 161 cm³/mol. The number of allylic oxidation sites excluding steroid dienone is 2. The van der Waals surface area contributed by atoms with Crippen molar-refractivity contribution in [3.05, 3.63) is 98.8 Å². The Labute approximate surface area is 226 Å². The van der Waals surface area contributed by atoms with Gasteiger partial charge in [0.25, 0.3) is 5.56 Å². The number of hydrogen-bond donors (Lipinski definition) is 1. The quantitative estimate of drug-likeness (QED) is 0.243. The standard InChI is InChI=1S/C17H14ClNO.C14H25N3/c1-2-13-11-12-7-6-10-15(18)16(12)17(20)19(13)14-8-4-3-5-9-14;1-6-9-13(15)14(12(5)16-8-3)17-10-11(4)7-2/h3-11H,2H2,1H3;8-11H,6-7,15H2,1-5H3/b;13-9-,14-12+,16-8?,17-10?. The molecule has 5 nitrogen and oxygen atoms in total. The van der Waals surface area contributed by atoms with Crippen molar-refractivity contribution in [2.45, 2.75) is 60.8 Å². The maximum atomic E-state index is 12.8. The molecule has 3 rings (SSSR count). The monoisotopic (exact) mass is 518 g/mol. The van der Waals surface area contributed by atoms with E-state index >= 15 is 0 Å². The third-order valence-electron chi connectivity index (χ3n) is 5.91. The number of benzene rings is 2. The van der Waals surface area contributed by atoms with E-state index in [1.807, 2.05) is 81.6 Å². The molecular formula is C31H39ClN4O. The normalized spacial score (nSPS) is 13.5. The number of nitrogens with two attached hydrogens (primary N) is 1. The van der Waals surface area contributed by atoms with Gasteiger partial charge in [0.2, 0.25) is 0 Å². The van der Waals surface area contributed by atoms with Crippen LogP contribution in [0.2, 0.25) is 5.02 Å². The van der Waals surface area contributed by atoms with Crippen LogP contribution >= 0.6 is 11.6 Å². The highest BCUT2D eigenvalue weighted by molar-refractivity contribution is 6.35. The molecule has 0 fully saturated rings. The molecule has 0 saturated heterocycles. The summed E-state index contributed by atoms with van der Waals surface area (Å²) in [6, 6.07) is 17.3. The summed E-state index contributed by atoms with van der Waals surface area (Å²) in [7, 11) is 0. The zero-order valence-corrected chi connectivity index (χ0v) is 23.6. The highest BCUT2D eigenvalue weighted by Crippen LogP contribution is 2.22. The second-order valence-corrected chi connectivity index (χ2v) is 9.13. The van der Waals surface area contributed by atoms with E-state index in [4.69, 9.17) is 17.3 Å². The molecule has 0 amide bonds. The smallest absolute Gasteiger partial charge is 0.264 e. The SMILES string of the molecule is CC=N/C(C)=C(N=CC(C)CC)\C(N)=C\CC.CCc1cc2cccc(Cl)c2c(=O)n1-c1ccccc1. The molecule has 0 bridgehead atoms. The first kappa shape index (κ1) is 29.8. The lowest BCUT2D eigenvalue weighted by atomic mass is 10.1. The van der Waals surface area contributed by atoms with Gasteiger partial charge in [0.15, 0.2) is 0 Å².